The molecule has 2 aromatic carbocycles. The Morgan fingerprint density at radius 2 is 1.97 bits per heavy atom. The summed E-state index contributed by atoms with van der Waals surface area (Å²) >= 11 is 13.6. The molecule has 9 heteroatoms. The number of anilines is 1. The van der Waals surface area contributed by atoms with E-state index in [9.17, 15) is 9.59 Å². The minimum absolute atomic E-state index is 0.0697. The maximum Gasteiger partial charge on any atom is 0.338 e. The first-order valence-corrected chi connectivity index (χ1v) is 11.6. The number of esters is 1. The van der Waals surface area contributed by atoms with Crippen LogP contribution < -0.4 is 10.2 Å². The van der Waals surface area contributed by atoms with Crippen molar-refractivity contribution < 1.29 is 14.3 Å². The first kappa shape index (κ1) is 21.9. The van der Waals surface area contributed by atoms with Crippen LogP contribution in [0.4, 0.5) is 5.13 Å². The number of hydrogen-bond acceptors (Lipinski definition) is 6. The molecule has 0 atom stereocenters. The molecule has 1 saturated heterocycles. The number of nitrogens with zero attached hydrogens (tertiary/aromatic N) is 2. The second-order valence-corrected chi connectivity index (χ2v) is 9.11. The van der Waals surface area contributed by atoms with Gasteiger partial charge in [-0.25, -0.2) is 9.78 Å². The quantitative estimate of drug-likeness (QED) is 0.512. The summed E-state index contributed by atoms with van der Waals surface area (Å²) in [6.45, 7) is 3.70. The number of carbonyl (C=O) groups is 2. The first-order valence-electron chi connectivity index (χ1n) is 10.0. The highest BCUT2D eigenvalue weighted by Gasteiger charge is 2.24. The van der Waals surface area contributed by atoms with Crippen molar-refractivity contribution in [2.24, 2.45) is 0 Å². The third kappa shape index (κ3) is 4.95. The van der Waals surface area contributed by atoms with Crippen LogP contribution in [-0.2, 0) is 4.74 Å². The van der Waals surface area contributed by atoms with Gasteiger partial charge in [0.15, 0.2) is 5.13 Å². The Morgan fingerprint density at radius 3 is 2.68 bits per heavy atom. The van der Waals surface area contributed by atoms with Crippen LogP contribution in [0.1, 0.15) is 40.5 Å². The Balaban J connectivity index is 1.38. The fraction of sp³-hybridized carbons (Fsp3) is 0.318. The van der Waals surface area contributed by atoms with Crippen molar-refractivity contribution in [2.45, 2.75) is 25.8 Å². The fourth-order valence-electron chi connectivity index (χ4n) is 3.54. The second-order valence-electron chi connectivity index (χ2n) is 7.26. The van der Waals surface area contributed by atoms with Crippen molar-refractivity contribution in [1.82, 2.24) is 10.3 Å². The van der Waals surface area contributed by atoms with E-state index in [0.29, 0.717) is 27.8 Å². The van der Waals surface area contributed by atoms with Gasteiger partial charge in [0.05, 0.1) is 33.0 Å². The van der Waals surface area contributed by atoms with E-state index in [0.717, 1.165) is 41.3 Å². The van der Waals surface area contributed by atoms with Crippen molar-refractivity contribution in [1.29, 1.82) is 0 Å². The molecule has 1 aliphatic heterocycles. The summed E-state index contributed by atoms with van der Waals surface area (Å²) in [6, 6.07) is 10.4. The summed E-state index contributed by atoms with van der Waals surface area (Å²) < 4.78 is 6.03. The van der Waals surface area contributed by atoms with E-state index in [1.54, 1.807) is 42.5 Å². The number of hydrogen-bond donors (Lipinski definition) is 1. The number of ether oxygens (including phenoxy) is 1. The molecule has 4 rings (SSSR count). The second kappa shape index (κ2) is 9.42. The Hall–Kier alpha value is -2.35. The number of benzene rings is 2. The smallest absolute Gasteiger partial charge is 0.338 e. The van der Waals surface area contributed by atoms with Crippen molar-refractivity contribution in [3.63, 3.8) is 0 Å². The summed E-state index contributed by atoms with van der Waals surface area (Å²) in [5, 5.41) is 4.83. The van der Waals surface area contributed by atoms with Crippen LogP contribution in [0.2, 0.25) is 10.0 Å². The number of piperidine rings is 1. The van der Waals surface area contributed by atoms with Gasteiger partial charge in [-0.05, 0) is 56.2 Å². The van der Waals surface area contributed by atoms with Gasteiger partial charge in [-0.2, -0.15) is 0 Å². The van der Waals surface area contributed by atoms with E-state index in [1.165, 1.54) is 0 Å². The molecular weight excluding hydrogens is 457 g/mol. The molecule has 1 aromatic heterocycles. The topological polar surface area (TPSA) is 71.5 Å². The Bertz CT molecular complexity index is 1130. The number of amides is 1. The van der Waals surface area contributed by atoms with Gasteiger partial charge in [-0.15, -0.1) is 0 Å². The molecular formula is C22H21Cl2N3O3S. The van der Waals surface area contributed by atoms with Crippen molar-refractivity contribution in [2.75, 3.05) is 24.6 Å². The highest BCUT2D eigenvalue weighted by molar-refractivity contribution is 7.22. The van der Waals surface area contributed by atoms with Crippen LogP contribution in [0, 0.1) is 0 Å². The third-order valence-electron chi connectivity index (χ3n) is 5.16. The average molecular weight is 478 g/mol. The van der Waals surface area contributed by atoms with Gasteiger partial charge in [0, 0.05) is 24.2 Å². The standard InChI is InChI=1S/C22H21Cl2N3O3S/c1-2-30-21(29)13-3-6-18-19(11-13)31-22(26-18)27-9-7-15(8-10-27)25-20(28)16-5-4-14(23)12-17(16)24/h3-6,11-12,15H,2,7-10H2,1H3,(H,25,28). The summed E-state index contributed by atoms with van der Waals surface area (Å²) in [5.74, 6) is -0.511. The van der Waals surface area contributed by atoms with Gasteiger partial charge >= 0.3 is 5.97 Å². The van der Waals surface area contributed by atoms with Crippen LogP contribution in [0.3, 0.4) is 0 Å². The van der Waals surface area contributed by atoms with Gasteiger partial charge in [-0.3, -0.25) is 4.79 Å². The molecule has 1 amide bonds. The lowest BCUT2D eigenvalue weighted by atomic mass is 10.0. The van der Waals surface area contributed by atoms with Gasteiger partial charge < -0.3 is 15.0 Å². The Morgan fingerprint density at radius 1 is 1.19 bits per heavy atom. The molecule has 162 valence electrons. The monoisotopic (exact) mass is 477 g/mol. The summed E-state index contributed by atoms with van der Waals surface area (Å²) in [6.07, 6.45) is 1.61. The van der Waals surface area contributed by atoms with Crippen LogP contribution in [-0.4, -0.2) is 42.6 Å². The minimum Gasteiger partial charge on any atom is -0.462 e. The lowest BCUT2D eigenvalue weighted by molar-refractivity contribution is 0.0526. The molecule has 31 heavy (non-hydrogen) atoms. The third-order valence-corrected chi connectivity index (χ3v) is 6.79. The number of aromatic nitrogens is 1. The van der Waals surface area contributed by atoms with Crippen molar-refractivity contribution in [3.05, 3.63) is 57.6 Å². The number of halogens is 2. The van der Waals surface area contributed by atoms with E-state index in [1.807, 2.05) is 12.1 Å². The van der Waals surface area contributed by atoms with Crippen molar-refractivity contribution >= 4 is 61.8 Å². The summed E-state index contributed by atoms with van der Waals surface area (Å²) in [5.41, 5.74) is 1.82. The number of thiazole rings is 1. The fourth-order valence-corrected chi connectivity index (χ4v) is 5.09. The average Bonchev–Trinajstić information content (AvgIpc) is 3.17. The predicted octanol–water partition coefficient (Wildman–Crippen LogP) is 5.18. The lowest BCUT2D eigenvalue weighted by Crippen LogP contribution is -2.44. The van der Waals surface area contributed by atoms with Crippen molar-refractivity contribution in [3.8, 4) is 0 Å². The molecule has 2 heterocycles. The molecule has 1 fully saturated rings. The molecule has 0 unspecified atom stereocenters. The SMILES string of the molecule is CCOC(=O)c1ccc2nc(N3CCC(NC(=O)c4ccc(Cl)cc4Cl)CC3)sc2c1. The Labute approximate surface area is 194 Å². The molecule has 1 aliphatic rings. The van der Waals surface area contributed by atoms with E-state index < -0.39 is 0 Å². The zero-order valence-corrected chi connectivity index (χ0v) is 19.2. The lowest BCUT2D eigenvalue weighted by Gasteiger charge is -2.32. The Kier molecular flexibility index (Phi) is 6.65. The normalized spacial score (nSPS) is 14.6. The maximum absolute atomic E-state index is 12.5. The van der Waals surface area contributed by atoms with Crippen LogP contribution in [0.15, 0.2) is 36.4 Å². The molecule has 0 radical (unpaired) electrons. The van der Waals surface area contributed by atoms with E-state index in [2.05, 4.69) is 10.2 Å². The van der Waals surface area contributed by atoms with Crippen LogP contribution >= 0.6 is 34.5 Å². The molecule has 3 aromatic rings. The molecule has 0 bridgehead atoms. The number of fused-ring (bicyclic) bond motifs is 1. The van der Waals surface area contributed by atoms with Crippen LogP contribution in [0.5, 0.6) is 0 Å². The zero-order chi connectivity index (χ0) is 22.0. The largest absolute Gasteiger partial charge is 0.462 e. The molecule has 0 aliphatic carbocycles. The number of nitrogens with one attached hydrogen (secondary N) is 1. The molecule has 1 N–H and O–H groups in total. The van der Waals surface area contributed by atoms with Gasteiger partial charge in [-0.1, -0.05) is 34.5 Å². The van der Waals surface area contributed by atoms with Gasteiger partial charge in [0.2, 0.25) is 0 Å². The molecule has 0 spiro atoms. The molecule has 6 nitrogen and oxygen atoms in total. The number of carbonyl (C=O) groups excluding carboxylic acids is 2. The zero-order valence-electron chi connectivity index (χ0n) is 16.9. The highest BCUT2D eigenvalue weighted by atomic mass is 35.5. The predicted molar refractivity (Wildman–Crippen MR) is 125 cm³/mol. The highest BCUT2D eigenvalue weighted by Crippen LogP contribution is 2.31. The maximum atomic E-state index is 12.5. The van der Waals surface area contributed by atoms with Crippen LogP contribution in [0.25, 0.3) is 10.2 Å². The summed E-state index contributed by atoms with van der Waals surface area (Å²) in [7, 11) is 0. The van der Waals surface area contributed by atoms with E-state index in [-0.39, 0.29) is 17.9 Å². The summed E-state index contributed by atoms with van der Waals surface area (Å²) in [4.78, 5) is 31.4. The minimum atomic E-state index is -0.323. The van der Waals surface area contributed by atoms with E-state index >= 15 is 0 Å². The van der Waals surface area contributed by atoms with Gasteiger partial charge in [0.1, 0.15) is 0 Å². The van der Waals surface area contributed by atoms with Gasteiger partial charge in [0.25, 0.3) is 5.91 Å². The number of rotatable bonds is 5. The molecule has 0 saturated carbocycles. The van der Waals surface area contributed by atoms with E-state index in [4.69, 9.17) is 32.9 Å². The first-order chi connectivity index (χ1) is 14.9.